The second kappa shape index (κ2) is 8.38. The van der Waals surface area contributed by atoms with Crippen molar-refractivity contribution in [2.45, 2.75) is 45.6 Å². The Morgan fingerprint density at radius 3 is 2.41 bits per heavy atom. The molecule has 2 aromatic rings. The summed E-state index contributed by atoms with van der Waals surface area (Å²) in [4.78, 5) is 14.4. The van der Waals surface area contributed by atoms with Gasteiger partial charge in [0.05, 0.1) is 18.8 Å². The summed E-state index contributed by atoms with van der Waals surface area (Å²) in [6.07, 6.45) is 3.29. The summed E-state index contributed by atoms with van der Waals surface area (Å²) in [5.41, 5.74) is 6.86. The first-order valence-corrected chi connectivity index (χ1v) is 11.7. The lowest BCUT2D eigenvalue weighted by Crippen LogP contribution is -2.50. The molecule has 32 heavy (non-hydrogen) atoms. The van der Waals surface area contributed by atoms with Gasteiger partial charge in [-0.1, -0.05) is 37.6 Å². The van der Waals surface area contributed by atoms with Crippen LogP contribution in [-0.2, 0) is 10.3 Å². The minimum Gasteiger partial charge on any atom is -0.454 e. The number of ketones is 1. The van der Waals surface area contributed by atoms with E-state index >= 15 is 0 Å². The van der Waals surface area contributed by atoms with Crippen LogP contribution < -0.4 is 9.47 Å². The molecule has 0 spiro atoms. The highest BCUT2D eigenvalue weighted by atomic mass is 16.7. The lowest BCUT2D eigenvalue weighted by atomic mass is 9.83. The molecular formula is C27H31NO4. The number of nitrogens with zero attached hydrogens (tertiary/aromatic N) is 1. The van der Waals surface area contributed by atoms with Crippen molar-refractivity contribution in [1.82, 2.24) is 4.90 Å². The SMILES string of the molecule is CCCCC1=C(c2ccc(C(C)=O)cc2)c2cc3c(cc2C1(C)N1CCOCC1)OCO3. The molecule has 0 amide bonds. The topological polar surface area (TPSA) is 48.0 Å². The Kier molecular flexibility index (Phi) is 5.56. The molecule has 0 aromatic heterocycles. The fourth-order valence-electron chi connectivity index (χ4n) is 5.42. The molecule has 1 unspecified atom stereocenters. The zero-order valence-corrected chi connectivity index (χ0v) is 19.2. The lowest BCUT2D eigenvalue weighted by molar-refractivity contribution is -0.00559. The Labute approximate surface area is 190 Å². The van der Waals surface area contributed by atoms with Gasteiger partial charge in [0.1, 0.15) is 0 Å². The first-order chi connectivity index (χ1) is 15.5. The summed E-state index contributed by atoms with van der Waals surface area (Å²) in [5.74, 6) is 1.72. The van der Waals surface area contributed by atoms with Crippen LogP contribution in [0.5, 0.6) is 11.5 Å². The molecule has 5 heteroatoms. The molecule has 2 heterocycles. The van der Waals surface area contributed by atoms with Crippen LogP contribution in [-0.4, -0.2) is 43.8 Å². The number of benzene rings is 2. The Bertz CT molecular complexity index is 1070. The fourth-order valence-corrected chi connectivity index (χ4v) is 5.42. The van der Waals surface area contributed by atoms with E-state index < -0.39 is 0 Å². The number of rotatable bonds is 6. The maximum atomic E-state index is 11.9. The van der Waals surface area contributed by atoms with E-state index in [9.17, 15) is 4.79 Å². The fraction of sp³-hybridized carbons (Fsp3) is 0.444. The number of carbonyl (C=O) groups excluding carboxylic acids is 1. The van der Waals surface area contributed by atoms with Crippen LogP contribution in [0, 0.1) is 0 Å². The van der Waals surface area contributed by atoms with Crippen molar-refractivity contribution in [3.8, 4) is 11.5 Å². The van der Waals surface area contributed by atoms with Crippen molar-refractivity contribution >= 4 is 11.4 Å². The third-order valence-electron chi connectivity index (χ3n) is 7.20. The van der Waals surface area contributed by atoms with Crippen molar-refractivity contribution in [2.75, 3.05) is 33.1 Å². The van der Waals surface area contributed by atoms with E-state index in [2.05, 4.69) is 43.0 Å². The lowest BCUT2D eigenvalue weighted by Gasteiger charge is -2.44. The monoisotopic (exact) mass is 433 g/mol. The highest BCUT2D eigenvalue weighted by molar-refractivity contribution is 5.96. The Morgan fingerprint density at radius 2 is 1.75 bits per heavy atom. The largest absolute Gasteiger partial charge is 0.454 e. The van der Waals surface area contributed by atoms with Gasteiger partial charge in [-0.05, 0) is 66.7 Å². The average molecular weight is 434 g/mol. The first kappa shape index (κ1) is 21.2. The van der Waals surface area contributed by atoms with Gasteiger partial charge in [0.25, 0.3) is 0 Å². The van der Waals surface area contributed by atoms with Crippen LogP contribution in [0.1, 0.15) is 67.1 Å². The third kappa shape index (κ3) is 3.35. The van der Waals surface area contributed by atoms with Crippen LogP contribution in [0.2, 0.25) is 0 Å². The molecule has 2 aliphatic heterocycles. The number of unbranched alkanes of at least 4 members (excludes halogenated alkanes) is 1. The minimum atomic E-state index is -0.232. The van der Waals surface area contributed by atoms with Crippen LogP contribution in [0.15, 0.2) is 42.0 Å². The van der Waals surface area contributed by atoms with E-state index in [-0.39, 0.29) is 18.1 Å². The Hall–Kier alpha value is -2.63. The van der Waals surface area contributed by atoms with E-state index in [0.29, 0.717) is 0 Å². The molecule has 2 aromatic carbocycles. The second-order valence-corrected chi connectivity index (χ2v) is 9.01. The summed E-state index contributed by atoms with van der Waals surface area (Å²) >= 11 is 0. The molecule has 1 fully saturated rings. The van der Waals surface area contributed by atoms with Gasteiger partial charge in [-0.3, -0.25) is 9.69 Å². The van der Waals surface area contributed by atoms with Crippen molar-refractivity contribution in [1.29, 1.82) is 0 Å². The molecule has 1 aliphatic carbocycles. The average Bonchev–Trinajstić information content (AvgIpc) is 3.37. The summed E-state index contributed by atoms with van der Waals surface area (Å²) in [5, 5.41) is 0. The van der Waals surface area contributed by atoms with Gasteiger partial charge in [0.2, 0.25) is 6.79 Å². The molecule has 1 saturated heterocycles. The van der Waals surface area contributed by atoms with Crippen molar-refractivity contribution in [3.05, 3.63) is 64.2 Å². The van der Waals surface area contributed by atoms with E-state index in [1.807, 2.05) is 12.1 Å². The number of fused-ring (bicyclic) bond motifs is 2. The standard InChI is InChI=1S/C27H31NO4/c1-4-5-6-22-26(20-9-7-19(8-10-20)18(2)29)21-15-24-25(32-17-31-24)16-23(21)27(22,3)28-11-13-30-14-12-28/h7-10,15-16H,4-6,11-14,17H2,1-3H3. The minimum absolute atomic E-state index is 0.0880. The molecule has 0 radical (unpaired) electrons. The number of morpholine rings is 1. The van der Waals surface area contributed by atoms with Gasteiger partial charge < -0.3 is 14.2 Å². The van der Waals surface area contributed by atoms with E-state index in [1.165, 1.54) is 22.3 Å². The highest BCUT2D eigenvalue weighted by Gasteiger charge is 2.46. The Balaban J connectivity index is 1.73. The molecule has 0 saturated carbocycles. The molecule has 5 nitrogen and oxygen atoms in total. The maximum absolute atomic E-state index is 11.9. The van der Waals surface area contributed by atoms with Gasteiger partial charge in [-0.15, -0.1) is 0 Å². The summed E-state index contributed by atoms with van der Waals surface area (Å²) in [7, 11) is 0. The van der Waals surface area contributed by atoms with Crippen LogP contribution in [0.25, 0.3) is 5.57 Å². The predicted molar refractivity (Wildman–Crippen MR) is 124 cm³/mol. The molecule has 0 N–H and O–H groups in total. The Morgan fingerprint density at radius 1 is 1.06 bits per heavy atom. The number of ether oxygens (including phenoxy) is 3. The van der Waals surface area contributed by atoms with Gasteiger partial charge in [-0.2, -0.15) is 0 Å². The second-order valence-electron chi connectivity index (χ2n) is 9.01. The van der Waals surface area contributed by atoms with E-state index in [4.69, 9.17) is 14.2 Å². The molecule has 3 aliphatic rings. The molecule has 0 bridgehead atoms. The summed E-state index contributed by atoms with van der Waals surface area (Å²) in [6, 6.07) is 12.4. The number of hydrogen-bond donors (Lipinski definition) is 0. The highest BCUT2D eigenvalue weighted by Crippen LogP contribution is 2.55. The van der Waals surface area contributed by atoms with Crippen molar-refractivity contribution in [2.24, 2.45) is 0 Å². The molecular weight excluding hydrogens is 402 g/mol. The number of hydrogen-bond acceptors (Lipinski definition) is 5. The van der Waals surface area contributed by atoms with E-state index in [0.717, 1.165) is 68.2 Å². The van der Waals surface area contributed by atoms with Crippen LogP contribution in [0.4, 0.5) is 0 Å². The molecule has 1 atom stereocenters. The van der Waals surface area contributed by atoms with Crippen molar-refractivity contribution in [3.63, 3.8) is 0 Å². The zero-order valence-electron chi connectivity index (χ0n) is 19.2. The molecule has 168 valence electrons. The first-order valence-electron chi connectivity index (χ1n) is 11.7. The smallest absolute Gasteiger partial charge is 0.231 e. The quantitative estimate of drug-likeness (QED) is 0.588. The van der Waals surface area contributed by atoms with Crippen LogP contribution >= 0.6 is 0 Å². The van der Waals surface area contributed by atoms with Gasteiger partial charge >= 0.3 is 0 Å². The maximum Gasteiger partial charge on any atom is 0.231 e. The normalized spacial score (nSPS) is 22.3. The van der Waals surface area contributed by atoms with E-state index in [1.54, 1.807) is 6.92 Å². The van der Waals surface area contributed by atoms with Gasteiger partial charge in [-0.25, -0.2) is 0 Å². The van der Waals surface area contributed by atoms with Gasteiger partial charge in [0.15, 0.2) is 17.3 Å². The summed E-state index contributed by atoms with van der Waals surface area (Å²) < 4.78 is 17.2. The third-order valence-corrected chi connectivity index (χ3v) is 7.20. The van der Waals surface area contributed by atoms with Crippen LogP contribution in [0.3, 0.4) is 0 Å². The van der Waals surface area contributed by atoms with Gasteiger partial charge in [0, 0.05) is 18.7 Å². The van der Waals surface area contributed by atoms with Crippen molar-refractivity contribution < 1.29 is 19.0 Å². The predicted octanol–water partition coefficient (Wildman–Crippen LogP) is 5.17. The number of carbonyl (C=O) groups is 1. The summed E-state index contributed by atoms with van der Waals surface area (Å²) in [6.45, 7) is 9.78. The number of Topliss-reactive ketones (excluding diaryl/α,β-unsaturated/α-hetero) is 1. The molecule has 5 rings (SSSR count). The zero-order chi connectivity index (χ0) is 22.3.